The number of nitrogens with zero attached hydrogens (tertiary/aromatic N) is 2. The van der Waals surface area contributed by atoms with Gasteiger partial charge in [0.2, 0.25) is 20.0 Å². The number of hydrogen-bond acceptors (Lipinski definition) is 7. The van der Waals surface area contributed by atoms with Crippen LogP contribution in [0.3, 0.4) is 0 Å². The molecule has 0 unspecified atom stereocenters. The number of rotatable bonds is 5. The van der Waals surface area contributed by atoms with E-state index < -0.39 is 52.0 Å². The van der Waals surface area contributed by atoms with Gasteiger partial charge in [-0.05, 0) is 37.3 Å². The van der Waals surface area contributed by atoms with Crippen molar-refractivity contribution in [1.29, 1.82) is 0 Å². The van der Waals surface area contributed by atoms with Crippen LogP contribution in [0.2, 0.25) is 5.02 Å². The Morgan fingerprint density at radius 1 is 1.13 bits per heavy atom. The molecule has 0 fully saturated rings. The average molecular weight is 486 g/mol. The Morgan fingerprint density at radius 3 is 2.35 bits per heavy atom. The summed E-state index contributed by atoms with van der Waals surface area (Å²) < 4.78 is 48.5. The van der Waals surface area contributed by atoms with Gasteiger partial charge in [-0.2, -0.15) is 0 Å². The Hall–Kier alpha value is -2.84. The van der Waals surface area contributed by atoms with Crippen LogP contribution in [0.25, 0.3) is 11.0 Å². The van der Waals surface area contributed by atoms with E-state index in [0.717, 1.165) is 6.07 Å². The van der Waals surface area contributed by atoms with E-state index in [1.165, 1.54) is 16.8 Å². The molecular weight excluding hydrogens is 470 g/mol. The fourth-order valence-electron chi connectivity index (χ4n) is 2.94. The Bertz CT molecular complexity index is 1500. The highest BCUT2D eigenvalue weighted by atomic mass is 35.5. The Labute approximate surface area is 181 Å². The molecule has 0 aliphatic rings. The number of primary sulfonamides is 2. The number of amides is 1. The van der Waals surface area contributed by atoms with E-state index in [1.807, 2.05) is 0 Å². The number of pyridine rings is 2. The second kappa shape index (κ2) is 8.01. The number of sulfonamides is 2. The molecule has 0 bridgehead atoms. The van der Waals surface area contributed by atoms with Crippen molar-refractivity contribution in [1.82, 2.24) is 9.55 Å². The zero-order valence-corrected chi connectivity index (χ0v) is 18.3. The molecular formula is C17H16ClN5O6S2. The first-order valence-corrected chi connectivity index (χ1v) is 12.0. The average Bonchev–Trinajstić information content (AvgIpc) is 2.65. The maximum atomic E-state index is 12.9. The van der Waals surface area contributed by atoms with E-state index in [0.29, 0.717) is 17.1 Å². The number of nitrogens with two attached hydrogens (primary N) is 2. The van der Waals surface area contributed by atoms with Crippen LogP contribution in [0.15, 0.2) is 51.1 Å². The Balaban J connectivity index is 2.18. The normalized spacial score (nSPS) is 12.1. The lowest BCUT2D eigenvalue weighted by atomic mass is 10.2. The van der Waals surface area contributed by atoms with Crippen molar-refractivity contribution in [3.8, 4) is 0 Å². The van der Waals surface area contributed by atoms with Crippen LogP contribution in [-0.2, 0) is 26.6 Å². The standard InChI is InChI=1S/C17H16ClN5O6S2/c1-2-23-15-9(4-3-5-21-15)6-10(17(23)25)16(24)22-12-7-11(18)13(30(19,26)27)8-14(12)31(20,28)29/h3-8H,2H2,1H3,(H,22,24)(H2,19,26,27)(H2,20,28,29). The molecule has 3 aromatic rings. The third kappa shape index (κ3) is 4.45. The van der Waals surface area contributed by atoms with Crippen LogP contribution in [0.1, 0.15) is 17.3 Å². The number of benzene rings is 1. The molecule has 31 heavy (non-hydrogen) atoms. The zero-order chi connectivity index (χ0) is 23.1. The zero-order valence-electron chi connectivity index (χ0n) is 15.9. The third-order valence-electron chi connectivity index (χ3n) is 4.30. The first-order chi connectivity index (χ1) is 14.3. The molecule has 0 saturated heterocycles. The van der Waals surface area contributed by atoms with E-state index in [4.69, 9.17) is 21.9 Å². The summed E-state index contributed by atoms with van der Waals surface area (Å²) in [5.41, 5.74) is -0.999. The molecule has 1 amide bonds. The molecule has 0 atom stereocenters. The lowest BCUT2D eigenvalue weighted by Gasteiger charge is -2.14. The number of carbonyl (C=O) groups excluding carboxylic acids is 1. The SMILES string of the molecule is CCn1c(=O)c(C(=O)Nc2cc(Cl)c(S(N)(=O)=O)cc2S(N)(=O)=O)cc2cccnc21. The second-order valence-electron chi connectivity index (χ2n) is 6.35. The van der Waals surface area contributed by atoms with Gasteiger partial charge in [0.05, 0.1) is 10.7 Å². The summed E-state index contributed by atoms with van der Waals surface area (Å²) >= 11 is 5.90. The number of carbonyl (C=O) groups is 1. The molecule has 2 heterocycles. The van der Waals surface area contributed by atoms with Gasteiger partial charge in [-0.15, -0.1) is 0 Å². The maximum Gasteiger partial charge on any atom is 0.265 e. The van der Waals surface area contributed by atoms with Crippen LogP contribution in [0.4, 0.5) is 5.69 Å². The molecule has 2 aromatic heterocycles. The molecule has 1 aromatic carbocycles. The van der Waals surface area contributed by atoms with Crippen LogP contribution in [-0.4, -0.2) is 32.3 Å². The number of halogens is 1. The topological polar surface area (TPSA) is 184 Å². The summed E-state index contributed by atoms with van der Waals surface area (Å²) in [4.78, 5) is 28.3. The molecule has 0 radical (unpaired) electrons. The summed E-state index contributed by atoms with van der Waals surface area (Å²) in [7, 11) is -8.88. The number of hydrogen-bond donors (Lipinski definition) is 3. The van der Waals surface area contributed by atoms with E-state index in [1.54, 1.807) is 19.1 Å². The van der Waals surface area contributed by atoms with Gasteiger partial charge < -0.3 is 5.32 Å². The fourth-order valence-corrected chi connectivity index (χ4v) is 4.81. The van der Waals surface area contributed by atoms with Crippen molar-refractivity contribution in [2.24, 2.45) is 10.3 Å². The molecule has 0 aliphatic carbocycles. The van der Waals surface area contributed by atoms with Crippen molar-refractivity contribution in [2.75, 3.05) is 5.32 Å². The van der Waals surface area contributed by atoms with E-state index in [9.17, 15) is 26.4 Å². The van der Waals surface area contributed by atoms with Gasteiger partial charge in [0.15, 0.2) is 0 Å². The summed E-state index contributed by atoms with van der Waals surface area (Å²) in [6, 6.07) is 6.10. The van der Waals surface area contributed by atoms with E-state index >= 15 is 0 Å². The van der Waals surface area contributed by atoms with Gasteiger partial charge in [0.1, 0.15) is 21.0 Å². The van der Waals surface area contributed by atoms with Crippen LogP contribution in [0, 0.1) is 0 Å². The molecule has 5 N–H and O–H groups in total. The first kappa shape index (κ1) is 22.8. The maximum absolute atomic E-state index is 12.9. The quantitative estimate of drug-likeness (QED) is 0.472. The largest absolute Gasteiger partial charge is 0.321 e. The van der Waals surface area contributed by atoms with Gasteiger partial charge in [-0.3, -0.25) is 14.2 Å². The molecule has 0 aliphatic heterocycles. The highest BCUT2D eigenvalue weighted by Gasteiger charge is 2.24. The number of nitrogens with one attached hydrogen (secondary N) is 1. The lowest BCUT2D eigenvalue weighted by Crippen LogP contribution is -2.30. The Morgan fingerprint density at radius 2 is 1.77 bits per heavy atom. The summed E-state index contributed by atoms with van der Waals surface area (Å²) in [5.74, 6) is -0.956. The van der Waals surface area contributed by atoms with Gasteiger partial charge in [-0.1, -0.05) is 11.6 Å². The van der Waals surface area contributed by atoms with Gasteiger partial charge >= 0.3 is 0 Å². The fraction of sp³-hybridized carbons (Fsp3) is 0.118. The van der Waals surface area contributed by atoms with Gasteiger partial charge in [0, 0.05) is 18.1 Å². The number of aromatic nitrogens is 2. The number of fused-ring (bicyclic) bond motifs is 1. The highest BCUT2D eigenvalue weighted by molar-refractivity contribution is 7.90. The highest BCUT2D eigenvalue weighted by Crippen LogP contribution is 2.31. The molecule has 14 heteroatoms. The van der Waals surface area contributed by atoms with Crippen molar-refractivity contribution < 1.29 is 21.6 Å². The van der Waals surface area contributed by atoms with Gasteiger partial charge in [-0.25, -0.2) is 32.1 Å². The minimum Gasteiger partial charge on any atom is -0.321 e. The lowest BCUT2D eigenvalue weighted by molar-refractivity contribution is 0.102. The van der Waals surface area contributed by atoms with Crippen LogP contribution >= 0.6 is 11.6 Å². The third-order valence-corrected chi connectivity index (χ3v) is 6.63. The van der Waals surface area contributed by atoms with Gasteiger partial charge in [0.25, 0.3) is 11.5 Å². The monoisotopic (exact) mass is 485 g/mol. The number of anilines is 1. The first-order valence-electron chi connectivity index (χ1n) is 8.53. The molecule has 0 spiro atoms. The minimum atomic E-state index is -4.51. The van der Waals surface area contributed by atoms with Crippen molar-refractivity contribution in [2.45, 2.75) is 23.3 Å². The Kier molecular flexibility index (Phi) is 5.90. The molecule has 3 rings (SSSR count). The summed E-state index contributed by atoms with van der Waals surface area (Å²) in [6.07, 6.45) is 1.50. The second-order valence-corrected chi connectivity index (χ2v) is 9.81. The van der Waals surface area contributed by atoms with Crippen molar-refractivity contribution in [3.05, 3.63) is 57.5 Å². The predicted octanol–water partition coefficient (Wildman–Crippen LogP) is 0.617. The predicted molar refractivity (Wildman–Crippen MR) is 114 cm³/mol. The number of aryl methyl sites for hydroxylation is 1. The smallest absolute Gasteiger partial charge is 0.265 e. The summed E-state index contributed by atoms with van der Waals surface area (Å²) in [5, 5.41) is 12.5. The van der Waals surface area contributed by atoms with E-state index in [-0.39, 0.29) is 12.1 Å². The molecule has 0 saturated carbocycles. The van der Waals surface area contributed by atoms with Crippen molar-refractivity contribution >= 4 is 54.3 Å². The van der Waals surface area contributed by atoms with Crippen molar-refractivity contribution in [3.63, 3.8) is 0 Å². The van der Waals surface area contributed by atoms with Crippen LogP contribution < -0.4 is 21.2 Å². The van der Waals surface area contributed by atoms with Crippen LogP contribution in [0.5, 0.6) is 0 Å². The summed E-state index contributed by atoms with van der Waals surface area (Å²) in [6.45, 7) is 1.92. The molecule has 11 nitrogen and oxygen atoms in total. The molecule has 164 valence electrons. The minimum absolute atomic E-state index is 0.227. The van der Waals surface area contributed by atoms with E-state index in [2.05, 4.69) is 10.3 Å².